The van der Waals surface area contributed by atoms with E-state index < -0.39 is 0 Å². The molecule has 6 nitrogen and oxygen atoms in total. The van der Waals surface area contributed by atoms with Gasteiger partial charge in [0, 0.05) is 15.8 Å². The molecule has 1 heterocycles. The van der Waals surface area contributed by atoms with E-state index in [2.05, 4.69) is 43.6 Å². The minimum Gasteiger partial charge on any atom is -0.490 e. The van der Waals surface area contributed by atoms with Crippen molar-refractivity contribution in [2.24, 2.45) is 0 Å². The fraction of sp³-hybridized carbons (Fsp3) is 0.250. The number of nitrogens with zero attached hydrogens (tertiary/aromatic N) is 2. The Morgan fingerprint density at radius 3 is 2.52 bits per heavy atom. The van der Waals surface area contributed by atoms with Gasteiger partial charge < -0.3 is 9.47 Å². The monoisotopic (exact) mass is 493 g/mol. The molecule has 3 rings (SSSR count). The van der Waals surface area contributed by atoms with E-state index >= 15 is 0 Å². The van der Waals surface area contributed by atoms with Gasteiger partial charge in [-0.3, -0.25) is 10.1 Å². The van der Waals surface area contributed by atoms with Gasteiger partial charge in [-0.15, -0.1) is 10.2 Å². The van der Waals surface area contributed by atoms with Crippen LogP contribution in [0.25, 0.3) is 0 Å². The lowest BCUT2D eigenvalue weighted by atomic mass is 10.2. The molecule has 2 aromatic carbocycles. The number of amides is 1. The van der Waals surface area contributed by atoms with E-state index in [0.29, 0.717) is 35.4 Å². The van der Waals surface area contributed by atoms with Gasteiger partial charge in [-0.2, -0.15) is 0 Å². The van der Waals surface area contributed by atoms with Gasteiger partial charge in [-0.05, 0) is 49.7 Å². The van der Waals surface area contributed by atoms with E-state index in [-0.39, 0.29) is 5.91 Å². The van der Waals surface area contributed by atoms with E-state index in [0.717, 1.165) is 14.6 Å². The van der Waals surface area contributed by atoms with Crippen molar-refractivity contribution in [3.8, 4) is 11.5 Å². The molecule has 0 unspecified atom stereocenters. The minimum absolute atomic E-state index is 0.269. The fourth-order valence-electron chi connectivity index (χ4n) is 2.41. The van der Waals surface area contributed by atoms with Crippen LogP contribution in [0.15, 0.2) is 51.3 Å². The van der Waals surface area contributed by atoms with E-state index in [1.54, 1.807) is 30.0 Å². The molecule has 0 saturated heterocycles. The first-order chi connectivity index (χ1) is 14.1. The average molecular weight is 494 g/mol. The van der Waals surface area contributed by atoms with Crippen molar-refractivity contribution >= 4 is 50.1 Å². The fourth-order valence-corrected chi connectivity index (χ4v) is 4.37. The summed E-state index contributed by atoms with van der Waals surface area (Å²) in [6, 6.07) is 13.2. The molecule has 1 N–H and O–H groups in total. The van der Waals surface area contributed by atoms with E-state index in [4.69, 9.17) is 9.47 Å². The lowest BCUT2D eigenvalue weighted by Gasteiger charge is -2.12. The van der Waals surface area contributed by atoms with E-state index in [9.17, 15) is 4.79 Å². The zero-order valence-corrected chi connectivity index (χ0v) is 19.2. The molecule has 0 aliphatic heterocycles. The standard InChI is InChI=1S/C20H20BrN3O3S2/c1-3-26-16-10-7-14(11-17(16)27-4-2)18(25)22-19-23-24-20(29-19)28-12-13-5-8-15(21)9-6-13/h5-11H,3-4,12H2,1-2H3,(H,22,23,25). The minimum atomic E-state index is -0.269. The second kappa shape index (κ2) is 10.6. The van der Waals surface area contributed by atoms with Crippen molar-refractivity contribution < 1.29 is 14.3 Å². The number of nitrogens with one attached hydrogen (secondary N) is 1. The Bertz CT molecular complexity index is 964. The molecule has 0 spiro atoms. The number of aromatic nitrogens is 2. The van der Waals surface area contributed by atoms with Gasteiger partial charge in [0.05, 0.1) is 13.2 Å². The lowest BCUT2D eigenvalue weighted by molar-refractivity contribution is 0.102. The molecule has 0 saturated carbocycles. The van der Waals surface area contributed by atoms with E-state index in [1.165, 1.54) is 16.9 Å². The molecular weight excluding hydrogens is 474 g/mol. The molecule has 0 aliphatic carbocycles. The summed E-state index contributed by atoms with van der Waals surface area (Å²) >= 11 is 6.36. The SMILES string of the molecule is CCOc1ccc(C(=O)Nc2nnc(SCc3ccc(Br)cc3)s2)cc1OCC. The van der Waals surface area contributed by atoms with E-state index in [1.807, 2.05) is 26.0 Å². The van der Waals surface area contributed by atoms with Crippen molar-refractivity contribution in [1.82, 2.24) is 10.2 Å². The quantitative estimate of drug-likeness (QED) is 0.307. The summed E-state index contributed by atoms with van der Waals surface area (Å²) in [4.78, 5) is 12.6. The predicted octanol–water partition coefficient (Wildman–Crippen LogP) is 5.64. The van der Waals surface area contributed by atoms with Crippen LogP contribution in [0, 0.1) is 0 Å². The number of hydrogen-bond donors (Lipinski definition) is 1. The van der Waals surface area contributed by atoms with Crippen molar-refractivity contribution in [1.29, 1.82) is 0 Å². The third-order valence-electron chi connectivity index (χ3n) is 3.71. The van der Waals surface area contributed by atoms with Crippen molar-refractivity contribution in [2.75, 3.05) is 18.5 Å². The molecule has 29 heavy (non-hydrogen) atoms. The molecule has 0 bridgehead atoms. The van der Waals surface area contributed by atoms with Crippen LogP contribution in [0.3, 0.4) is 0 Å². The van der Waals surface area contributed by atoms with Gasteiger partial charge in [0.2, 0.25) is 5.13 Å². The van der Waals surface area contributed by atoms with Gasteiger partial charge in [0.1, 0.15) is 0 Å². The molecule has 9 heteroatoms. The molecule has 3 aromatic rings. The molecule has 0 atom stereocenters. The van der Waals surface area contributed by atoms with Crippen LogP contribution in [0.2, 0.25) is 0 Å². The van der Waals surface area contributed by atoms with Crippen LogP contribution < -0.4 is 14.8 Å². The third-order valence-corrected chi connectivity index (χ3v) is 6.28. The van der Waals surface area contributed by atoms with Crippen LogP contribution in [0.5, 0.6) is 11.5 Å². The zero-order chi connectivity index (χ0) is 20.6. The highest BCUT2D eigenvalue weighted by Gasteiger charge is 2.14. The average Bonchev–Trinajstić information content (AvgIpc) is 3.16. The summed E-state index contributed by atoms with van der Waals surface area (Å²) in [7, 11) is 0. The maximum absolute atomic E-state index is 12.6. The Kier molecular flexibility index (Phi) is 7.91. The predicted molar refractivity (Wildman–Crippen MR) is 120 cm³/mol. The Balaban J connectivity index is 1.62. The van der Waals surface area contributed by atoms with Gasteiger partial charge in [-0.1, -0.05) is 51.2 Å². The number of anilines is 1. The summed E-state index contributed by atoms with van der Waals surface area (Å²) in [6.45, 7) is 4.80. The number of carbonyl (C=O) groups is 1. The molecule has 1 amide bonds. The number of carbonyl (C=O) groups excluding carboxylic acids is 1. The number of thioether (sulfide) groups is 1. The molecule has 0 aliphatic rings. The summed E-state index contributed by atoms with van der Waals surface area (Å²) in [5.41, 5.74) is 1.66. The van der Waals surface area contributed by atoms with Crippen LogP contribution >= 0.6 is 39.0 Å². The van der Waals surface area contributed by atoms with Gasteiger partial charge >= 0.3 is 0 Å². The van der Waals surface area contributed by atoms with Crippen LogP contribution in [-0.2, 0) is 5.75 Å². The normalized spacial score (nSPS) is 10.6. The number of rotatable bonds is 9. The number of ether oxygens (including phenoxy) is 2. The van der Waals surface area contributed by atoms with Crippen LogP contribution in [0.4, 0.5) is 5.13 Å². The first-order valence-electron chi connectivity index (χ1n) is 9.00. The van der Waals surface area contributed by atoms with Crippen LogP contribution in [-0.4, -0.2) is 29.3 Å². The Morgan fingerprint density at radius 1 is 1.07 bits per heavy atom. The number of halogens is 1. The maximum atomic E-state index is 12.6. The maximum Gasteiger partial charge on any atom is 0.257 e. The Labute approximate surface area is 186 Å². The summed E-state index contributed by atoms with van der Waals surface area (Å²) in [6.07, 6.45) is 0. The molecule has 0 fully saturated rings. The summed E-state index contributed by atoms with van der Waals surface area (Å²) in [5, 5.41) is 11.5. The lowest BCUT2D eigenvalue weighted by Crippen LogP contribution is -2.12. The molecule has 1 aromatic heterocycles. The largest absolute Gasteiger partial charge is 0.490 e. The van der Waals surface area contributed by atoms with Crippen molar-refractivity contribution in [2.45, 2.75) is 23.9 Å². The van der Waals surface area contributed by atoms with Gasteiger partial charge in [0.15, 0.2) is 15.8 Å². The molecule has 152 valence electrons. The second-order valence-electron chi connectivity index (χ2n) is 5.77. The Hall–Kier alpha value is -2.10. The van der Waals surface area contributed by atoms with Crippen molar-refractivity contribution in [3.05, 3.63) is 58.1 Å². The van der Waals surface area contributed by atoms with Gasteiger partial charge in [-0.25, -0.2) is 0 Å². The summed E-state index contributed by atoms with van der Waals surface area (Å²) in [5.74, 6) is 1.68. The number of benzene rings is 2. The van der Waals surface area contributed by atoms with Gasteiger partial charge in [0.25, 0.3) is 5.91 Å². The highest BCUT2D eigenvalue weighted by atomic mass is 79.9. The first-order valence-corrected chi connectivity index (χ1v) is 11.6. The highest BCUT2D eigenvalue weighted by molar-refractivity contribution is 9.10. The third kappa shape index (κ3) is 6.19. The molecule has 0 radical (unpaired) electrons. The van der Waals surface area contributed by atoms with Crippen LogP contribution in [0.1, 0.15) is 29.8 Å². The number of hydrogen-bond acceptors (Lipinski definition) is 7. The summed E-state index contributed by atoms with van der Waals surface area (Å²) < 4.78 is 13.0. The second-order valence-corrected chi connectivity index (χ2v) is 8.89. The highest BCUT2D eigenvalue weighted by Crippen LogP contribution is 2.31. The first kappa shape index (κ1) is 21.6. The Morgan fingerprint density at radius 2 is 1.79 bits per heavy atom. The smallest absolute Gasteiger partial charge is 0.257 e. The van der Waals surface area contributed by atoms with Crippen molar-refractivity contribution in [3.63, 3.8) is 0 Å². The topological polar surface area (TPSA) is 73.3 Å². The zero-order valence-electron chi connectivity index (χ0n) is 16.0. The molecular formula is C20H20BrN3O3S2.